The lowest BCUT2D eigenvalue weighted by atomic mass is 10.1. The van der Waals surface area contributed by atoms with Gasteiger partial charge in [-0.25, -0.2) is 5.84 Å². The minimum Gasteiger partial charge on any atom is -0.467 e. The highest BCUT2D eigenvalue weighted by Gasteiger charge is 2.05. The molecule has 0 saturated carbocycles. The molecule has 106 valence electrons. The summed E-state index contributed by atoms with van der Waals surface area (Å²) in [6.45, 7) is 0.665. The van der Waals surface area contributed by atoms with Gasteiger partial charge in [0, 0.05) is 11.6 Å². The van der Waals surface area contributed by atoms with E-state index in [1.165, 1.54) is 12.7 Å². The number of methoxy groups -OCH3 is 1. The van der Waals surface area contributed by atoms with Crippen molar-refractivity contribution in [3.05, 3.63) is 34.9 Å². The van der Waals surface area contributed by atoms with Gasteiger partial charge in [0.15, 0.2) is 0 Å². The van der Waals surface area contributed by atoms with Crippen molar-refractivity contribution in [2.24, 2.45) is 5.84 Å². The second-order valence-electron chi connectivity index (χ2n) is 3.92. The lowest BCUT2D eigenvalue weighted by Gasteiger charge is -2.07. The lowest BCUT2D eigenvalue weighted by molar-refractivity contribution is 0.379. The Morgan fingerprint density at radius 1 is 1.15 bits per heavy atom. The van der Waals surface area contributed by atoms with Gasteiger partial charge >= 0.3 is 6.01 Å². The number of anilines is 2. The summed E-state index contributed by atoms with van der Waals surface area (Å²) in [7, 11) is 1.48. The molecular formula is C12H15ClN6O. The molecule has 0 aliphatic rings. The Kier molecular flexibility index (Phi) is 4.91. The highest BCUT2D eigenvalue weighted by molar-refractivity contribution is 6.30. The van der Waals surface area contributed by atoms with E-state index >= 15 is 0 Å². The quantitative estimate of drug-likeness (QED) is 0.548. The maximum absolute atomic E-state index is 5.83. The maximum atomic E-state index is 5.83. The first kappa shape index (κ1) is 14.3. The van der Waals surface area contributed by atoms with Crippen LogP contribution in [0.4, 0.5) is 11.9 Å². The summed E-state index contributed by atoms with van der Waals surface area (Å²) < 4.78 is 4.96. The highest BCUT2D eigenvalue weighted by Crippen LogP contribution is 2.11. The van der Waals surface area contributed by atoms with Gasteiger partial charge < -0.3 is 10.1 Å². The first-order valence-electron chi connectivity index (χ1n) is 5.96. The summed E-state index contributed by atoms with van der Waals surface area (Å²) in [5, 5.41) is 3.81. The van der Waals surface area contributed by atoms with Gasteiger partial charge in [-0.15, -0.1) is 0 Å². The third kappa shape index (κ3) is 3.94. The van der Waals surface area contributed by atoms with Gasteiger partial charge in [0.1, 0.15) is 0 Å². The number of rotatable bonds is 6. The molecular weight excluding hydrogens is 280 g/mol. The van der Waals surface area contributed by atoms with Gasteiger partial charge in [0.25, 0.3) is 0 Å². The number of halogens is 1. The topological polar surface area (TPSA) is 98.0 Å². The fourth-order valence-corrected chi connectivity index (χ4v) is 1.69. The van der Waals surface area contributed by atoms with E-state index < -0.39 is 0 Å². The Labute approximate surface area is 121 Å². The molecule has 0 unspecified atom stereocenters. The first-order chi connectivity index (χ1) is 9.71. The third-order valence-electron chi connectivity index (χ3n) is 2.54. The van der Waals surface area contributed by atoms with Gasteiger partial charge in [-0.1, -0.05) is 23.7 Å². The van der Waals surface area contributed by atoms with E-state index in [0.717, 1.165) is 11.4 Å². The van der Waals surface area contributed by atoms with E-state index in [2.05, 4.69) is 25.7 Å². The van der Waals surface area contributed by atoms with Gasteiger partial charge in [-0.2, -0.15) is 15.0 Å². The average Bonchev–Trinajstić information content (AvgIpc) is 2.49. The van der Waals surface area contributed by atoms with Crippen LogP contribution in [-0.2, 0) is 6.42 Å². The van der Waals surface area contributed by atoms with Crippen molar-refractivity contribution >= 4 is 23.5 Å². The molecule has 1 aromatic heterocycles. The molecule has 2 rings (SSSR count). The van der Waals surface area contributed by atoms with Crippen LogP contribution in [-0.4, -0.2) is 28.6 Å². The Hall–Kier alpha value is -2.12. The van der Waals surface area contributed by atoms with Crippen molar-refractivity contribution in [3.8, 4) is 6.01 Å². The van der Waals surface area contributed by atoms with Gasteiger partial charge in [0.2, 0.25) is 11.9 Å². The largest absolute Gasteiger partial charge is 0.467 e. The molecule has 0 amide bonds. The Morgan fingerprint density at radius 3 is 2.50 bits per heavy atom. The molecule has 1 heterocycles. The zero-order chi connectivity index (χ0) is 14.4. The average molecular weight is 295 g/mol. The van der Waals surface area contributed by atoms with Crippen LogP contribution in [0.2, 0.25) is 5.02 Å². The van der Waals surface area contributed by atoms with Crippen LogP contribution in [0.15, 0.2) is 24.3 Å². The Morgan fingerprint density at radius 2 is 1.85 bits per heavy atom. The Bertz CT molecular complexity index is 540. The third-order valence-corrected chi connectivity index (χ3v) is 2.79. The molecule has 2 aromatic rings. The summed E-state index contributed by atoms with van der Waals surface area (Å²) in [5.41, 5.74) is 3.53. The van der Waals surface area contributed by atoms with Crippen LogP contribution >= 0.6 is 11.6 Å². The number of benzene rings is 1. The van der Waals surface area contributed by atoms with Gasteiger partial charge in [-0.3, -0.25) is 5.43 Å². The number of hydrogen-bond donors (Lipinski definition) is 3. The summed E-state index contributed by atoms with van der Waals surface area (Å²) in [5.74, 6) is 5.92. The van der Waals surface area contributed by atoms with E-state index in [-0.39, 0.29) is 12.0 Å². The zero-order valence-corrected chi connectivity index (χ0v) is 11.7. The van der Waals surface area contributed by atoms with Crippen molar-refractivity contribution in [3.63, 3.8) is 0 Å². The van der Waals surface area contributed by atoms with Crippen LogP contribution in [0.3, 0.4) is 0 Å². The Balaban J connectivity index is 1.94. The molecule has 0 aliphatic heterocycles. The molecule has 4 N–H and O–H groups in total. The van der Waals surface area contributed by atoms with Crippen molar-refractivity contribution in [1.29, 1.82) is 0 Å². The van der Waals surface area contributed by atoms with Crippen molar-refractivity contribution in [2.75, 3.05) is 24.4 Å². The fourth-order valence-electron chi connectivity index (χ4n) is 1.56. The van der Waals surface area contributed by atoms with Crippen molar-refractivity contribution in [2.45, 2.75) is 6.42 Å². The number of nitrogen functional groups attached to an aromatic ring is 1. The normalized spacial score (nSPS) is 10.2. The summed E-state index contributed by atoms with van der Waals surface area (Å²) >= 11 is 5.83. The van der Waals surface area contributed by atoms with E-state index in [4.69, 9.17) is 22.2 Å². The number of nitrogens with zero attached hydrogens (tertiary/aromatic N) is 3. The predicted molar refractivity (Wildman–Crippen MR) is 77.8 cm³/mol. The van der Waals surface area contributed by atoms with Crippen molar-refractivity contribution < 1.29 is 4.74 Å². The number of nitrogens with two attached hydrogens (primary N) is 1. The van der Waals surface area contributed by atoms with Crippen LogP contribution in [0, 0.1) is 0 Å². The van der Waals surface area contributed by atoms with Crippen LogP contribution < -0.4 is 21.3 Å². The molecule has 0 radical (unpaired) electrons. The number of nitrogens with one attached hydrogen (secondary N) is 2. The lowest BCUT2D eigenvalue weighted by Crippen LogP contribution is -2.15. The van der Waals surface area contributed by atoms with Crippen LogP contribution in [0.5, 0.6) is 6.01 Å². The van der Waals surface area contributed by atoms with Crippen LogP contribution in [0.25, 0.3) is 0 Å². The van der Waals surface area contributed by atoms with E-state index in [1.54, 1.807) is 0 Å². The van der Waals surface area contributed by atoms with E-state index in [1.807, 2.05) is 24.3 Å². The standard InChI is InChI=1S/C12H15ClN6O/c1-20-12-17-10(16-11(18-12)19-14)15-7-6-8-2-4-9(13)5-3-8/h2-5H,6-7,14H2,1H3,(H2,15,16,17,18,19). The van der Waals surface area contributed by atoms with E-state index in [9.17, 15) is 0 Å². The molecule has 0 saturated heterocycles. The molecule has 0 fully saturated rings. The number of aromatic nitrogens is 3. The van der Waals surface area contributed by atoms with E-state index in [0.29, 0.717) is 12.5 Å². The molecule has 0 aliphatic carbocycles. The molecule has 8 heteroatoms. The number of hydrogen-bond acceptors (Lipinski definition) is 7. The molecule has 0 bridgehead atoms. The first-order valence-corrected chi connectivity index (χ1v) is 6.34. The number of ether oxygens (including phenoxy) is 1. The minimum atomic E-state index is 0.196. The second kappa shape index (κ2) is 6.88. The van der Waals surface area contributed by atoms with Gasteiger partial charge in [-0.05, 0) is 24.1 Å². The van der Waals surface area contributed by atoms with Crippen molar-refractivity contribution in [1.82, 2.24) is 15.0 Å². The summed E-state index contributed by atoms with van der Waals surface area (Å²) in [6, 6.07) is 7.87. The highest BCUT2D eigenvalue weighted by atomic mass is 35.5. The zero-order valence-electron chi connectivity index (χ0n) is 10.9. The minimum absolute atomic E-state index is 0.196. The summed E-state index contributed by atoms with van der Waals surface area (Å²) in [4.78, 5) is 12.1. The molecule has 20 heavy (non-hydrogen) atoms. The summed E-state index contributed by atoms with van der Waals surface area (Å²) in [6.07, 6.45) is 0.816. The molecule has 1 aromatic carbocycles. The monoisotopic (exact) mass is 294 g/mol. The second-order valence-corrected chi connectivity index (χ2v) is 4.35. The molecule has 0 atom stereocenters. The molecule has 7 nitrogen and oxygen atoms in total. The maximum Gasteiger partial charge on any atom is 0.322 e. The SMILES string of the molecule is COc1nc(NN)nc(NCCc2ccc(Cl)cc2)n1. The predicted octanol–water partition coefficient (Wildman–Crippen LogP) is 1.47. The van der Waals surface area contributed by atoms with Gasteiger partial charge in [0.05, 0.1) is 7.11 Å². The number of hydrazine groups is 1. The smallest absolute Gasteiger partial charge is 0.322 e. The van der Waals surface area contributed by atoms with Crippen LogP contribution in [0.1, 0.15) is 5.56 Å². The molecule has 0 spiro atoms. The fraction of sp³-hybridized carbons (Fsp3) is 0.250.